The number of aromatic nitrogens is 2. The molecule has 0 atom stereocenters. The van der Waals surface area contributed by atoms with Crippen molar-refractivity contribution in [1.29, 1.82) is 0 Å². The first-order valence-corrected chi connectivity index (χ1v) is 7.16. The lowest BCUT2D eigenvalue weighted by atomic mass is 10.1. The molecule has 1 N–H and O–H groups in total. The molecule has 0 spiro atoms. The van der Waals surface area contributed by atoms with Crippen molar-refractivity contribution < 1.29 is 9.13 Å². The summed E-state index contributed by atoms with van der Waals surface area (Å²) in [5, 5.41) is 12.6. The maximum atomic E-state index is 13.2. The maximum absolute atomic E-state index is 13.2. The van der Waals surface area contributed by atoms with Gasteiger partial charge in [-0.25, -0.2) is 4.39 Å². The Labute approximate surface area is 122 Å². The van der Waals surface area contributed by atoms with Gasteiger partial charge in [0.25, 0.3) is 5.19 Å². The summed E-state index contributed by atoms with van der Waals surface area (Å²) >= 11 is 1.35. The van der Waals surface area contributed by atoms with Gasteiger partial charge in [0.2, 0.25) is 0 Å². The number of rotatable bonds is 4. The van der Waals surface area contributed by atoms with Crippen LogP contribution in [0, 0.1) is 12.7 Å². The van der Waals surface area contributed by atoms with E-state index in [-0.39, 0.29) is 11.4 Å². The van der Waals surface area contributed by atoms with Crippen molar-refractivity contribution in [3.05, 3.63) is 34.6 Å². The number of benzene rings is 1. The van der Waals surface area contributed by atoms with Gasteiger partial charge in [-0.1, -0.05) is 22.5 Å². The molecule has 0 aliphatic rings. The van der Waals surface area contributed by atoms with Gasteiger partial charge in [-0.3, -0.25) is 0 Å². The number of nitrogens with one attached hydrogen (secondary N) is 1. The van der Waals surface area contributed by atoms with E-state index in [9.17, 15) is 4.39 Å². The van der Waals surface area contributed by atoms with Crippen LogP contribution in [0.15, 0.2) is 18.2 Å². The Balaban J connectivity index is 2.04. The highest BCUT2D eigenvalue weighted by atomic mass is 32.1. The highest BCUT2D eigenvalue weighted by Gasteiger charge is 2.12. The van der Waals surface area contributed by atoms with Crippen molar-refractivity contribution in [2.45, 2.75) is 39.8 Å². The lowest BCUT2D eigenvalue weighted by Crippen LogP contribution is -2.35. The molecule has 0 bridgehead atoms. The zero-order valence-corrected chi connectivity index (χ0v) is 12.8. The van der Waals surface area contributed by atoms with Gasteiger partial charge in [0.1, 0.15) is 16.6 Å². The summed E-state index contributed by atoms with van der Waals surface area (Å²) in [6, 6.07) is 4.43. The van der Waals surface area contributed by atoms with Crippen molar-refractivity contribution in [2.75, 3.05) is 0 Å². The molecule has 20 heavy (non-hydrogen) atoms. The average molecular weight is 295 g/mol. The van der Waals surface area contributed by atoms with E-state index in [1.54, 1.807) is 6.07 Å². The fourth-order valence-corrected chi connectivity index (χ4v) is 2.11. The number of nitrogens with zero attached hydrogens (tertiary/aromatic N) is 2. The minimum Gasteiger partial charge on any atom is -0.429 e. The van der Waals surface area contributed by atoms with Crippen LogP contribution in [0.1, 0.15) is 31.3 Å². The van der Waals surface area contributed by atoms with E-state index in [0.717, 1.165) is 10.6 Å². The van der Waals surface area contributed by atoms with Gasteiger partial charge in [0.05, 0.1) is 6.54 Å². The minimum absolute atomic E-state index is 0.0197. The summed E-state index contributed by atoms with van der Waals surface area (Å²) in [6.45, 7) is 8.75. The molecule has 0 radical (unpaired) electrons. The summed E-state index contributed by atoms with van der Waals surface area (Å²) in [5.74, 6) is 0.140. The van der Waals surface area contributed by atoms with E-state index in [2.05, 4.69) is 36.3 Å². The number of hydrogen-bond acceptors (Lipinski definition) is 5. The van der Waals surface area contributed by atoms with Gasteiger partial charge >= 0.3 is 0 Å². The van der Waals surface area contributed by atoms with Crippen LogP contribution in [-0.4, -0.2) is 15.7 Å². The zero-order chi connectivity index (χ0) is 14.8. The molecule has 1 heterocycles. The Morgan fingerprint density at radius 3 is 2.75 bits per heavy atom. The lowest BCUT2D eigenvalue weighted by Gasteiger charge is -2.19. The predicted octanol–water partition coefficient (Wildman–Crippen LogP) is 3.67. The van der Waals surface area contributed by atoms with Gasteiger partial charge in [0, 0.05) is 11.6 Å². The van der Waals surface area contributed by atoms with Gasteiger partial charge in [-0.05, 0) is 39.3 Å². The van der Waals surface area contributed by atoms with E-state index in [0.29, 0.717) is 17.5 Å². The van der Waals surface area contributed by atoms with Crippen LogP contribution in [0.3, 0.4) is 0 Å². The molecule has 0 unspecified atom stereocenters. The van der Waals surface area contributed by atoms with Crippen LogP contribution in [0.2, 0.25) is 0 Å². The molecule has 4 nitrogen and oxygen atoms in total. The smallest absolute Gasteiger partial charge is 0.299 e. The average Bonchev–Trinajstić information content (AvgIpc) is 2.78. The lowest BCUT2D eigenvalue weighted by molar-refractivity contribution is 0.422. The van der Waals surface area contributed by atoms with Gasteiger partial charge in [0.15, 0.2) is 0 Å². The van der Waals surface area contributed by atoms with Gasteiger partial charge < -0.3 is 10.1 Å². The van der Waals surface area contributed by atoms with Crippen LogP contribution in [-0.2, 0) is 6.54 Å². The Morgan fingerprint density at radius 2 is 2.05 bits per heavy atom. The Bertz CT molecular complexity index is 592. The zero-order valence-electron chi connectivity index (χ0n) is 12.0. The van der Waals surface area contributed by atoms with Crippen molar-refractivity contribution in [3.63, 3.8) is 0 Å². The van der Waals surface area contributed by atoms with Crippen molar-refractivity contribution in [3.8, 4) is 10.9 Å². The first-order chi connectivity index (χ1) is 9.33. The van der Waals surface area contributed by atoms with E-state index >= 15 is 0 Å². The second kappa shape index (κ2) is 5.85. The van der Waals surface area contributed by atoms with Crippen LogP contribution in [0.5, 0.6) is 10.9 Å². The topological polar surface area (TPSA) is 47.0 Å². The molecule has 1 aromatic carbocycles. The van der Waals surface area contributed by atoms with Crippen LogP contribution in [0.4, 0.5) is 4.39 Å². The molecule has 0 saturated carbocycles. The third-order valence-electron chi connectivity index (χ3n) is 2.57. The normalized spacial score (nSPS) is 11.7. The third-order valence-corrected chi connectivity index (χ3v) is 3.37. The second-order valence-corrected chi connectivity index (χ2v) is 6.60. The number of aryl methyl sites for hydroxylation is 1. The Kier molecular flexibility index (Phi) is 4.35. The summed E-state index contributed by atoms with van der Waals surface area (Å²) in [4.78, 5) is 0. The standard InChI is InChI=1S/C14H18FN3OS/c1-9-5-6-10(15)7-11(9)19-13-18-17-12(20-13)8-16-14(2,3)4/h5-7,16H,8H2,1-4H3. The fourth-order valence-electron chi connectivity index (χ4n) is 1.47. The van der Waals surface area contributed by atoms with Gasteiger partial charge in [-0.2, -0.15) is 0 Å². The molecule has 0 aliphatic carbocycles. The molecule has 0 fully saturated rings. The summed E-state index contributed by atoms with van der Waals surface area (Å²) in [5.41, 5.74) is 0.877. The van der Waals surface area contributed by atoms with Crippen molar-refractivity contribution in [2.24, 2.45) is 0 Å². The van der Waals surface area contributed by atoms with E-state index < -0.39 is 0 Å². The quantitative estimate of drug-likeness (QED) is 0.935. The molecule has 108 valence electrons. The first-order valence-electron chi connectivity index (χ1n) is 6.35. The minimum atomic E-state index is -0.329. The molecule has 0 aliphatic heterocycles. The van der Waals surface area contributed by atoms with Crippen LogP contribution < -0.4 is 10.1 Å². The molecule has 0 saturated heterocycles. The predicted molar refractivity (Wildman–Crippen MR) is 77.7 cm³/mol. The van der Waals surface area contributed by atoms with Crippen LogP contribution >= 0.6 is 11.3 Å². The number of halogens is 1. The molecule has 2 rings (SSSR count). The first kappa shape index (κ1) is 14.9. The largest absolute Gasteiger partial charge is 0.429 e. The second-order valence-electron chi connectivity index (χ2n) is 5.58. The molecule has 6 heteroatoms. The van der Waals surface area contributed by atoms with E-state index in [4.69, 9.17) is 4.74 Å². The maximum Gasteiger partial charge on any atom is 0.299 e. The molecule has 0 amide bonds. The van der Waals surface area contributed by atoms with Crippen LogP contribution in [0.25, 0.3) is 0 Å². The Hall–Kier alpha value is -1.53. The van der Waals surface area contributed by atoms with Gasteiger partial charge in [-0.15, -0.1) is 5.10 Å². The van der Waals surface area contributed by atoms with E-state index in [1.807, 2.05) is 6.92 Å². The molecular formula is C14H18FN3OS. The highest BCUT2D eigenvalue weighted by molar-refractivity contribution is 7.13. The van der Waals surface area contributed by atoms with Crippen molar-refractivity contribution >= 4 is 11.3 Å². The summed E-state index contributed by atoms with van der Waals surface area (Å²) in [6.07, 6.45) is 0. The molecule has 1 aromatic heterocycles. The number of hydrogen-bond donors (Lipinski definition) is 1. The summed E-state index contributed by atoms with van der Waals surface area (Å²) < 4.78 is 18.8. The number of ether oxygens (including phenoxy) is 1. The SMILES string of the molecule is Cc1ccc(F)cc1Oc1nnc(CNC(C)(C)C)s1. The fraction of sp³-hybridized carbons (Fsp3) is 0.429. The summed E-state index contributed by atoms with van der Waals surface area (Å²) in [7, 11) is 0. The molecular weight excluding hydrogens is 277 g/mol. The van der Waals surface area contributed by atoms with Crippen molar-refractivity contribution in [1.82, 2.24) is 15.5 Å². The monoisotopic (exact) mass is 295 g/mol. The van der Waals surface area contributed by atoms with E-state index in [1.165, 1.54) is 23.5 Å². The molecule has 2 aromatic rings. The highest BCUT2D eigenvalue weighted by Crippen LogP contribution is 2.28. The third kappa shape index (κ3) is 4.25. The Morgan fingerprint density at radius 1 is 1.30 bits per heavy atom.